The van der Waals surface area contributed by atoms with Crippen LogP contribution in [0.4, 0.5) is 11.4 Å². The van der Waals surface area contributed by atoms with Crippen LogP contribution in [0.3, 0.4) is 0 Å². The molecule has 3 N–H and O–H groups in total. The summed E-state index contributed by atoms with van der Waals surface area (Å²) in [5.74, 6) is -4.20. The van der Waals surface area contributed by atoms with Gasteiger partial charge >= 0.3 is 11.9 Å². The number of aliphatic carboxylic acids is 2. The van der Waals surface area contributed by atoms with Crippen molar-refractivity contribution in [3.8, 4) is 0 Å². The first-order valence-corrected chi connectivity index (χ1v) is 11.6. The number of hydrogen-bond acceptors (Lipinski definition) is 8. The van der Waals surface area contributed by atoms with E-state index in [4.69, 9.17) is 19.8 Å². The van der Waals surface area contributed by atoms with Crippen LogP contribution in [0.5, 0.6) is 0 Å². The Morgan fingerprint density at radius 1 is 0.889 bits per heavy atom. The summed E-state index contributed by atoms with van der Waals surface area (Å²) in [7, 11) is -3.73. The number of sulfonamides is 1. The lowest BCUT2D eigenvalue weighted by Crippen LogP contribution is -2.50. The van der Waals surface area contributed by atoms with Crippen molar-refractivity contribution in [3.05, 3.63) is 64.2 Å². The van der Waals surface area contributed by atoms with E-state index in [0.29, 0.717) is 11.3 Å². The first-order chi connectivity index (χ1) is 16.8. The van der Waals surface area contributed by atoms with Crippen molar-refractivity contribution in [1.29, 1.82) is 0 Å². The van der Waals surface area contributed by atoms with Crippen LogP contribution in [0, 0.1) is 10.1 Å². The molecule has 1 fully saturated rings. The number of piperazine rings is 1. The summed E-state index contributed by atoms with van der Waals surface area (Å²) in [5.41, 5.74) is 0.706. The summed E-state index contributed by atoms with van der Waals surface area (Å²) >= 11 is 0. The molecule has 0 saturated carbocycles. The van der Waals surface area contributed by atoms with Crippen molar-refractivity contribution < 1.29 is 42.7 Å². The van der Waals surface area contributed by atoms with Gasteiger partial charge in [0.1, 0.15) is 0 Å². The summed E-state index contributed by atoms with van der Waals surface area (Å²) < 4.78 is 27.0. The summed E-state index contributed by atoms with van der Waals surface area (Å²) in [4.78, 5) is 53.7. The number of hydrogen-bond donors (Lipinski definition) is 3. The number of nitro benzene ring substituents is 1. The highest BCUT2D eigenvalue weighted by atomic mass is 32.2. The number of carbonyl (C=O) groups excluding carboxylic acids is 2. The van der Waals surface area contributed by atoms with E-state index < -0.39 is 26.9 Å². The second-order valence-electron chi connectivity index (χ2n) is 7.32. The average molecular weight is 522 g/mol. The monoisotopic (exact) mass is 522 g/mol. The Bertz CT molecular complexity index is 1240. The molecule has 192 valence electrons. The molecule has 1 aliphatic rings. The average Bonchev–Trinajstić information content (AvgIpc) is 2.84. The lowest BCUT2D eigenvalue weighted by molar-refractivity contribution is -0.384. The molecule has 3 rings (SSSR count). The van der Waals surface area contributed by atoms with Gasteiger partial charge in [-0.3, -0.25) is 19.7 Å². The zero-order chi connectivity index (χ0) is 27.0. The minimum atomic E-state index is -3.73. The zero-order valence-electron chi connectivity index (χ0n) is 18.9. The second kappa shape index (κ2) is 11.9. The molecule has 2 amide bonds. The van der Waals surface area contributed by atoms with E-state index in [0.717, 1.165) is 0 Å². The summed E-state index contributed by atoms with van der Waals surface area (Å²) in [5, 5.41) is 28.1. The van der Waals surface area contributed by atoms with E-state index in [9.17, 15) is 28.1 Å². The molecule has 0 spiro atoms. The predicted molar refractivity (Wildman–Crippen MR) is 124 cm³/mol. The van der Waals surface area contributed by atoms with Gasteiger partial charge in [0.2, 0.25) is 15.9 Å². The van der Waals surface area contributed by atoms with Crippen LogP contribution in [0.25, 0.3) is 0 Å². The number of carboxylic acid groups (broad SMARTS) is 2. The molecular weight excluding hydrogens is 500 g/mol. The number of anilines is 1. The fourth-order valence-electron chi connectivity index (χ4n) is 3.10. The normalized spacial score (nSPS) is 13.6. The van der Waals surface area contributed by atoms with E-state index in [1.54, 1.807) is 0 Å². The number of non-ortho nitro benzene ring substituents is 1. The standard InChI is InChI=1S/C19H20N4O6S.C2H2O4/c1-14(24)20-16-4-8-18(9-5-16)30(28,29)22-12-10-21(11-13-22)19(25)15-2-6-17(7-3-15)23(26)27;3-1(4)2(5)6/h2-9H,10-13H2,1H3,(H,20,24);(H,3,4)(H,5,6). The number of nitro groups is 1. The molecule has 0 radical (unpaired) electrons. The van der Waals surface area contributed by atoms with Gasteiger partial charge < -0.3 is 20.4 Å². The maximum absolute atomic E-state index is 12.8. The highest BCUT2D eigenvalue weighted by Gasteiger charge is 2.30. The van der Waals surface area contributed by atoms with E-state index in [1.807, 2.05) is 0 Å². The van der Waals surface area contributed by atoms with Crippen LogP contribution in [-0.2, 0) is 24.4 Å². The van der Waals surface area contributed by atoms with Gasteiger partial charge in [-0.05, 0) is 36.4 Å². The molecule has 1 heterocycles. The third-order valence-corrected chi connectivity index (χ3v) is 6.76. The quantitative estimate of drug-likeness (QED) is 0.287. The Kier molecular flexibility index (Phi) is 9.18. The minimum absolute atomic E-state index is 0.103. The Hall–Kier alpha value is -4.37. The lowest BCUT2D eigenvalue weighted by Gasteiger charge is -2.34. The van der Waals surface area contributed by atoms with Gasteiger partial charge in [-0.15, -0.1) is 0 Å². The maximum Gasteiger partial charge on any atom is 0.414 e. The van der Waals surface area contributed by atoms with Crippen molar-refractivity contribution in [1.82, 2.24) is 9.21 Å². The number of nitrogens with one attached hydrogen (secondary N) is 1. The fourth-order valence-corrected chi connectivity index (χ4v) is 4.52. The van der Waals surface area contributed by atoms with Gasteiger partial charge in [-0.25, -0.2) is 18.0 Å². The molecule has 1 aliphatic heterocycles. The van der Waals surface area contributed by atoms with E-state index in [-0.39, 0.29) is 48.6 Å². The molecule has 1 saturated heterocycles. The smallest absolute Gasteiger partial charge is 0.414 e. The van der Waals surface area contributed by atoms with Crippen LogP contribution >= 0.6 is 0 Å². The second-order valence-corrected chi connectivity index (χ2v) is 9.25. The molecule has 36 heavy (non-hydrogen) atoms. The number of amides is 2. The van der Waals surface area contributed by atoms with Gasteiger partial charge in [-0.2, -0.15) is 4.31 Å². The van der Waals surface area contributed by atoms with Crippen LogP contribution in [0.1, 0.15) is 17.3 Å². The van der Waals surface area contributed by atoms with Gasteiger partial charge in [0, 0.05) is 56.5 Å². The molecule has 0 aliphatic carbocycles. The zero-order valence-corrected chi connectivity index (χ0v) is 19.7. The van der Waals surface area contributed by atoms with Gasteiger partial charge in [-0.1, -0.05) is 0 Å². The number of benzene rings is 2. The van der Waals surface area contributed by atoms with Crippen LogP contribution < -0.4 is 5.32 Å². The van der Waals surface area contributed by atoms with Gasteiger partial charge in [0.25, 0.3) is 11.6 Å². The van der Waals surface area contributed by atoms with Crippen LogP contribution in [-0.4, -0.2) is 82.7 Å². The van der Waals surface area contributed by atoms with Crippen molar-refractivity contribution in [2.45, 2.75) is 11.8 Å². The molecule has 15 heteroatoms. The molecule has 14 nitrogen and oxygen atoms in total. The summed E-state index contributed by atoms with van der Waals surface area (Å²) in [6.45, 7) is 2.04. The van der Waals surface area contributed by atoms with Crippen LogP contribution in [0.2, 0.25) is 0 Å². The highest BCUT2D eigenvalue weighted by Crippen LogP contribution is 2.21. The number of nitrogens with zero attached hydrogens (tertiary/aromatic N) is 3. The SMILES string of the molecule is CC(=O)Nc1ccc(S(=O)(=O)N2CCN(C(=O)c3ccc([N+](=O)[O-])cc3)CC2)cc1.O=C(O)C(=O)O. The largest absolute Gasteiger partial charge is 0.473 e. The van der Waals surface area contributed by atoms with Crippen molar-refractivity contribution >= 4 is 45.2 Å². The van der Waals surface area contributed by atoms with Crippen molar-refractivity contribution in [3.63, 3.8) is 0 Å². The van der Waals surface area contributed by atoms with Crippen molar-refractivity contribution in [2.24, 2.45) is 0 Å². The Labute approximate surface area is 204 Å². The summed E-state index contributed by atoms with van der Waals surface area (Å²) in [6.07, 6.45) is 0. The Balaban J connectivity index is 0.000000678. The molecule has 0 bridgehead atoms. The molecule has 0 atom stereocenters. The molecule has 2 aromatic carbocycles. The number of rotatable bonds is 5. The lowest BCUT2D eigenvalue weighted by atomic mass is 10.1. The van der Waals surface area contributed by atoms with Crippen LogP contribution in [0.15, 0.2) is 53.4 Å². The minimum Gasteiger partial charge on any atom is -0.473 e. The Morgan fingerprint density at radius 3 is 1.81 bits per heavy atom. The third-order valence-electron chi connectivity index (χ3n) is 4.85. The number of carboxylic acids is 2. The number of carbonyl (C=O) groups is 4. The first kappa shape index (κ1) is 27.9. The fraction of sp³-hybridized carbons (Fsp3) is 0.238. The molecular formula is C21H22N4O10S. The van der Waals surface area contributed by atoms with Gasteiger partial charge in [0.05, 0.1) is 9.82 Å². The van der Waals surface area contributed by atoms with Crippen molar-refractivity contribution in [2.75, 3.05) is 31.5 Å². The molecule has 2 aromatic rings. The first-order valence-electron chi connectivity index (χ1n) is 10.2. The van der Waals surface area contributed by atoms with Gasteiger partial charge in [0.15, 0.2) is 0 Å². The Morgan fingerprint density at radius 2 is 1.39 bits per heavy atom. The predicted octanol–water partition coefficient (Wildman–Crippen LogP) is 0.856. The summed E-state index contributed by atoms with van der Waals surface area (Å²) in [6, 6.07) is 11.2. The van der Waals surface area contributed by atoms with E-state index in [1.165, 1.54) is 64.7 Å². The molecule has 0 unspecified atom stereocenters. The molecule has 0 aromatic heterocycles. The van der Waals surface area contributed by atoms with E-state index >= 15 is 0 Å². The maximum atomic E-state index is 12.8. The highest BCUT2D eigenvalue weighted by molar-refractivity contribution is 7.89. The van der Waals surface area contributed by atoms with E-state index in [2.05, 4.69) is 5.32 Å². The third kappa shape index (κ3) is 7.31. The topological polar surface area (TPSA) is 205 Å².